The molecule has 1 fully saturated rings. The second-order valence-electron chi connectivity index (χ2n) is 7.66. The van der Waals surface area contributed by atoms with E-state index in [9.17, 15) is 14.7 Å². The lowest BCUT2D eigenvalue weighted by Crippen LogP contribution is -2.40. The van der Waals surface area contributed by atoms with Gasteiger partial charge in [-0.25, -0.2) is 4.79 Å². The molecule has 3 rings (SSSR count). The van der Waals surface area contributed by atoms with Gasteiger partial charge in [0.2, 0.25) is 5.91 Å². The zero-order valence-electron chi connectivity index (χ0n) is 16.3. The fourth-order valence-corrected chi connectivity index (χ4v) is 3.39. The molecule has 1 N–H and O–H groups in total. The molecule has 148 valence electrons. The van der Waals surface area contributed by atoms with Gasteiger partial charge < -0.3 is 14.7 Å². The minimum atomic E-state index is -1.28. The monoisotopic (exact) mass is 382 g/mol. The summed E-state index contributed by atoms with van der Waals surface area (Å²) in [7, 11) is 0. The van der Waals surface area contributed by atoms with Crippen molar-refractivity contribution in [1.82, 2.24) is 9.88 Å². The van der Waals surface area contributed by atoms with Crippen molar-refractivity contribution in [1.29, 1.82) is 0 Å². The Bertz CT molecular complexity index is 818. The van der Waals surface area contributed by atoms with Crippen LogP contribution in [-0.4, -0.2) is 45.6 Å². The number of carbonyl (C=O) groups excluding carboxylic acids is 1. The van der Waals surface area contributed by atoms with E-state index in [-0.39, 0.29) is 11.8 Å². The molecule has 0 aliphatic carbocycles. The molecule has 0 bridgehead atoms. The number of rotatable bonds is 6. The van der Waals surface area contributed by atoms with Crippen molar-refractivity contribution in [2.45, 2.75) is 44.6 Å². The number of aromatic nitrogens is 1. The summed E-state index contributed by atoms with van der Waals surface area (Å²) in [6, 6.07) is 13.1. The Balaban J connectivity index is 1.62. The van der Waals surface area contributed by atoms with Crippen molar-refractivity contribution in [2.24, 2.45) is 0 Å². The van der Waals surface area contributed by atoms with E-state index < -0.39 is 11.6 Å². The Hall–Kier alpha value is -2.89. The zero-order chi connectivity index (χ0) is 20.1. The molecule has 1 aromatic carbocycles. The number of pyridine rings is 1. The maximum atomic E-state index is 12.6. The lowest BCUT2D eigenvalue weighted by atomic mass is 9.90. The summed E-state index contributed by atoms with van der Waals surface area (Å²) in [4.78, 5) is 30.0. The Morgan fingerprint density at radius 3 is 2.61 bits per heavy atom. The number of amides is 1. The Morgan fingerprint density at radius 2 is 1.96 bits per heavy atom. The number of hydrogen-bond acceptors (Lipinski definition) is 4. The van der Waals surface area contributed by atoms with Crippen LogP contribution in [0.5, 0.6) is 5.75 Å². The highest BCUT2D eigenvalue weighted by Crippen LogP contribution is 2.29. The Labute approximate surface area is 165 Å². The third-order valence-corrected chi connectivity index (χ3v) is 5.07. The maximum Gasteiger partial charge on any atom is 0.347 e. The van der Waals surface area contributed by atoms with Crippen LogP contribution in [0.2, 0.25) is 0 Å². The quantitative estimate of drug-likeness (QED) is 0.829. The second-order valence-corrected chi connectivity index (χ2v) is 7.66. The van der Waals surface area contributed by atoms with E-state index in [1.165, 1.54) is 13.8 Å². The summed E-state index contributed by atoms with van der Waals surface area (Å²) in [5.74, 6) is -0.115. The number of carboxylic acids is 1. The molecule has 1 aliphatic rings. The molecular formula is C22H26N2O4. The van der Waals surface area contributed by atoms with Gasteiger partial charge in [-0.2, -0.15) is 0 Å². The van der Waals surface area contributed by atoms with Crippen LogP contribution in [0.3, 0.4) is 0 Å². The fourth-order valence-electron chi connectivity index (χ4n) is 3.39. The molecule has 1 aliphatic heterocycles. The molecule has 6 heteroatoms. The molecule has 0 spiro atoms. The molecule has 1 amide bonds. The van der Waals surface area contributed by atoms with Crippen molar-refractivity contribution in [3.05, 3.63) is 59.9 Å². The van der Waals surface area contributed by atoms with Crippen LogP contribution in [0.15, 0.2) is 48.7 Å². The first-order valence-corrected chi connectivity index (χ1v) is 9.55. The van der Waals surface area contributed by atoms with Crippen molar-refractivity contribution >= 4 is 11.9 Å². The lowest BCUT2D eigenvalue weighted by Gasteiger charge is -2.33. The van der Waals surface area contributed by atoms with Gasteiger partial charge in [0, 0.05) is 30.9 Å². The summed E-state index contributed by atoms with van der Waals surface area (Å²) < 4.78 is 5.56. The first kappa shape index (κ1) is 19.9. The summed E-state index contributed by atoms with van der Waals surface area (Å²) in [6.45, 7) is 4.51. The zero-order valence-corrected chi connectivity index (χ0v) is 16.3. The SMILES string of the molecule is CC(C)(Oc1ccc(C2CCCN(C(=O)Cc3ccccn3)C2)cc1)C(=O)O. The van der Waals surface area contributed by atoms with Gasteiger partial charge in [-0.1, -0.05) is 18.2 Å². The minimum Gasteiger partial charge on any atom is -0.478 e. The topological polar surface area (TPSA) is 79.7 Å². The molecule has 28 heavy (non-hydrogen) atoms. The number of carboxylic acid groups (broad SMARTS) is 1. The van der Waals surface area contributed by atoms with E-state index in [1.54, 1.807) is 18.3 Å². The van der Waals surface area contributed by atoms with Gasteiger partial charge in [0.15, 0.2) is 5.60 Å². The number of piperidine rings is 1. The van der Waals surface area contributed by atoms with Gasteiger partial charge >= 0.3 is 5.97 Å². The predicted octanol–water partition coefficient (Wildman–Crippen LogP) is 3.27. The largest absolute Gasteiger partial charge is 0.478 e. The summed E-state index contributed by atoms with van der Waals surface area (Å²) in [5, 5.41) is 9.18. The Kier molecular flexibility index (Phi) is 5.97. The molecule has 2 heterocycles. The van der Waals surface area contributed by atoms with E-state index >= 15 is 0 Å². The molecule has 6 nitrogen and oxygen atoms in total. The highest BCUT2D eigenvalue weighted by atomic mass is 16.5. The van der Waals surface area contributed by atoms with Gasteiger partial charge in [0.1, 0.15) is 5.75 Å². The van der Waals surface area contributed by atoms with E-state index in [2.05, 4.69) is 4.98 Å². The third-order valence-electron chi connectivity index (χ3n) is 5.07. The first-order chi connectivity index (χ1) is 13.3. The fraction of sp³-hybridized carbons (Fsp3) is 0.409. The molecule has 2 aromatic rings. The second kappa shape index (κ2) is 8.42. The lowest BCUT2D eigenvalue weighted by molar-refractivity contribution is -0.152. The van der Waals surface area contributed by atoms with Crippen LogP contribution in [0.25, 0.3) is 0 Å². The average molecular weight is 382 g/mol. The predicted molar refractivity (Wildman–Crippen MR) is 105 cm³/mol. The summed E-state index contributed by atoms with van der Waals surface area (Å²) in [6.07, 6.45) is 4.01. The smallest absolute Gasteiger partial charge is 0.347 e. The molecule has 1 unspecified atom stereocenters. The van der Waals surface area contributed by atoms with Crippen molar-refractivity contribution in [3.8, 4) is 5.75 Å². The maximum absolute atomic E-state index is 12.6. The van der Waals surface area contributed by atoms with Crippen molar-refractivity contribution < 1.29 is 19.4 Å². The van der Waals surface area contributed by atoms with Crippen LogP contribution in [0.4, 0.5) is 0 Å². The highest BCUT2D eigenvalue weighted by Gasteiger charge is 2.29. The van der Waals surface area contributed by atoms with Gasteiger partial charge in [-0.15, -0.1) is 0 Å². The number of benzene rings is 1. The van der Waals surface area contributed by atoms with Crippen LogP contribution in [0, 0.1) is 0 Å². The van der Waals surface area contributed by atoms with E-state index in [4.69, 9.17) is 4.74 Å². The van der Waals surface area contributed by atoms with Gasteiger partial charge in [0.05, 0.1) is 6.42 Å². The standard InChI is InChI=1S/C22H26N2O4/c1-22(2,21(26)27)28-19-10-8-16(9-11-19)17-6-5-13-24(15-17)20(25)14-18-7-3-4-12-23-18/h3-4,7-12,17H,5-6,13-15H2,1-2H3,(H,26,27). The summed E-state index contributed by atoms with van der Waals surface area (Å²) in [5.41, 5.74) is 0.647. The molecule has 1 atom stereocenters. The Morgan fingerprint density at radius 1 is 1.21 bits per heavy atom. The van der Waals surface area contributed by atoms with Gasteiger partial charge in [0.25, 0.3) is 0 Å². The van der Waals surface area contributed by atoms with Crippen LogP contribution in [0.1, 0.15) is 43.9 Å². The van der Waals surface area contributed by atoms with Gasteiger partial charge in [-0.3, -0.25) is 9.78 Å². The normalized spacial score (nSPS) is 17.2. The minimum absolute atomic E-state index is 0.103. The van der Waals surface area contributed by atoms with Crippen molar-refractivity contribution in [3.63, 3.8) is 0 Å². The van der Waals surface area contributed by atoms with Gasteiger partial charge in [-0.05, 0) is 56.5 Å². The molecule has 0 radical (unpaired) electrons. The average Bonchev–Trinajstić information content (AvgIpc) is 2.69. The molecule has 0 saturated carbocycles. The van der Waals surface area contributed by atoms with Crippen LogP contribution < -0.4 is 4.74 Å². The van der Waals surface area contributed by atoms with Crippen LogP contribution >= 0.6 is 0 Å². The molecule has 1 saturated heterocycles. The molecule has 1 aromatic heterocycles. The number of nitrogens with zero attached hydrogens (tertiary/aromatic N) is 2. The number of ether oxygens (including phenoxy) is 1. The van der Waals surface area contributed by atoms with E-state index in [0.29, 0.717) is 18.7 Å². The first-order valence-electron chi connectivity index (χ1n) is 9.55. The van der Waals surface area contributed by atoms with E-state index in [0.717, 1.165) is 30.6 Å². The number of aliphatic carboxylic acids is 1. The number of hydrogen-bond donors (Lipinski definition) is 1. The summed E-state index contributed by atoms with van der Waals surface area (Å²) >= 11 is 0. The number of likely N-dealkylation sites (tertiary alicyclic amines) is 1. The van der Waals surface area contributed by atoms with E-state index in [1.807, 2.05) is 35.2 Å². The number of carbonyl (C=O) groups is 2. The van der Waals surface area contributed by atoms with Crippen LogP contribution in [-0.2, 0) is 16.0 Å². The molecular weight excluding hydrogens is 356 g/mol. The highest BCUT2D eigenvalue weighted by molar-refractivity contribution is 5.78. The third kappa shape index (κ3) is 4.88. The van der Waals surface area contributed by atoms with Crippen molar-refractivity contribution in [2.75, 3.05) is 13.1 Å².